The summed E-state index contributed by atoms with van der Waals surface area (Å²) in [7, 11) is 0. The van der Waals surface area contributed by atoms with Gasteiger partial charge in [0.25, 0.3) is 0 Å². The number of anilines is 1. The maximum absolute atomic E-state index is 12.3. The summed E-state index contributed by atoms with van der Waals surface area (Å²) >= 11 is 17.7. The molecule has 2 heterocycles. The summed E-state index contributed by atoms with van der Waals surface area (Å²) in [6.07, 6.45) is -4.18. The van der Waals surface area contributed by atoms with Crippen molar-refractivity contribution in [3.63, 3.8) is 0 Å². The molecule has 0 radical (unpaired) electrons. The number of rotatable bonds is 2. The van der Waals surface area contributed by atoms with Crippen LogP contribution < -0.4 is 4.90 Å². The lowest BCUT2D eigenvalue weighted by Gasteiger charge is -2.36. The van der Waals surface area contributed by atoms with Crippen molar-refractivity contribution in [1.82, 2.24) is 9.88 Å². The molecule has 20 heavy (non-hydrogen) atoms. The van der Waals surface area contributed by atoms with Gasteiger partial charge in [0, 0.05) is 26.2 Å². The summed E-state index contributed by atoms with van der Waals surface area (Å²) in [5.74, 6) is 0.452. The Morgan fingerprint density at radius 2 is 1.65 bits per heavy atom. The first-order valence-corrected chi connectivity index (χ1v) is 6.95. The van der Waals surface area contributed by atoms with Gasteiger partial charge >= 0.3 is 6.18 Å². The molecule has 0 spiro atoms. The number of hydrogen-bond donors (Lipinski definition) is 0. The van der Waals surface area contributed by atoms with Crippen molar-refractivity contribution < 1.29 is 13.2 Å². The molecule has 1 aliphatic heterocycles. The Kier molecular flexibility index (Phi) is 4.89. The number of alkyl halides is 3. The fraction of sp³-hybridized carbons (Fsp3) is 0.545. The van der Waals surface area contributed by atoms with Gasteiger partial charge in [-0.15, -0.1) is 0 Å². The summed E-state index contributed by atoms with van der Waals surface area (Å²) in [6, 6.07) is 1.48. The minimum Gasteiger partial charge on any atom is -0.353 e. The standard InChI is InChI=1S/C11H11Cl3F3N3/c12-7-5-8(13)10(18-9(7)14)20-3-1-19(2-4-20)6-11(15,16)17/h5H,1-4,6H2. The Balaban J connectivity index is 2.02. The van der Waals surface area contributed by atoms with Crippen molar-refractivity contribution >= 4 is 40.6 Å². The van der Waals surface area contributed by atoms with E-state index in [1.54, 1.807) is 4.90 Å². The highest BCUT2D eigenvalue weighted by Crippen LogP contribution is 2.31. The van der Waals surface area contributed by atoms with E-state index in [4.69, 9.17) is 34.8 Å². The number of pyridine rings is 1. The molecular formula is C11H11Cl3F3N3. The Morgan fingerprint density at radius 3 is 2.20 bits per heavy atom. The molecule has 0 N–H and O–H groups in total. The van der Waals surface area contributed by atoms with Crippen molar-refractivity contribution in [1.29, 1.82) is 0 Å². The van der Waals surface area contributed by atoms with Crippen LogP contribution in [0.1, 0.15) is 0 Å². The maximum Gasteiger partial charge on any atom is 0.401 e. The van der Waals surface area contributed by atoms with Crippen LogP contribution in [-0.2, 0) is 0 Å². The predicted octanol–water partition coefficient (Wildman–Crippen LogP) is 3.73. The van der Waals surface area contributed by atoms with E-state index in [0.29, 0.717) is 23.9 Å². The first-order valence-electron chi connectivity index (χ1n) is 5.82. The van der Waals surface area contributed by atoms with Crippen molar-refractivity contribution in [2.45, 2.75) is 6.18 Å². The molecule has 0 amide bonds. The van der Waals surface area contributed by atoms with E-state index >= 15 is 0 Å². The predicted molar refractivity (Wildman–Crippen MR) is 74.0 cm³/mol. The first kappa shape index (κ1) is 15.9. The zero-order valence-corrected chi connectivity index (χ0v) is 12.5. The van der Waals surface area contributed by atoms with E-state index < -0.39 is 12.7 Å². The molecule has 1 aromatic heterocycles. The van der Waals surface area contributed by atoms with Gasteiger partial charge in [-0.1, -0.05) is 34.8 Å². The van der Waals surface area contributed by atoms with Gasteiger partial charge in [0.05, 0.1) is 16.6 Å². The second-order valence-electron chi connectivity index (χ2n) is 4.44. The number of hydrogen-bond acceptors (Lipinski definition) is 3. The minimum atomic E-state index is -4.18. The second kappa shape index (κ2) is 6.13. The molecule has 1 saturated heterocycles. The molecule has 1 fully saturated rings. The van der Waals surface area contributed by atoms with Crippen LogP contribution in [0.5, 0.6) is 0 Å². The van der Waals surface area contributed by atoms with Crippen LogP contribution in [0.25, 0.3) is 0 Å². The number of nitrogens with zero attached hydrogens (tertiary/aromatic N) is 3. The number of halogens is 6. The fourth-order valence-electron chi connectivity index (χ4n) is 2.03. The lowest BCUT2D eigenvalue weighted by Crippen LogP contribution is -2.49. The largest absolute Gasteiger partial charge is 0.401 e. The Morgan fingerprint density at radius 1 is 1.05 bits per heavy atom. The molecule has 0 bridgehead atoms. The molecule has 0 atom stereocenters. The zero-order chi connectivity index (χ0) is 14.9. The molecule has 0 aliphatic carbocycles. The Bertz CT molecular complexity index is 488. The molecule has 3 nitrogen and oxygen atoms in total. The van der Waals surface area contributed by atoms with Crippen LogP contribution in [-0.4, -0.2) is 48.8 Å². The Labute approximate surface area is 129 Å². The number of aromatic nitrogens is 1. The lowest BCUT2D eigenvalue weighted by atomic mass is 10.3. The molecule has 1 aliphatic rings. The third kappa shape index (κ3) is 4.04. The van der Waals surface area contributed by atoms with Gasteiger partial charge in [-0.05, 0) is 6.07 Å². The van der Waals surface area contributed by atoms with Gasteiger partial charge in [-0.2, -0.15) is 13.2 Å². The molecule has 112 valence electrons. The number of piperazine rings is 1. The molecule has 2 rings (SSSR count). The van der Waals surface area contributed by atoms with Crippen molar-refractivity contribution in [2.24, 2.45) is 0 Å². The Hall–Kier alpha value is -0.430. The lowest BCUT2D eigenvalue weighted by molar-refractivity contribution is -0.146. The highest BCUT2D eigenvalue weighted by molar-refractivity contribution is 6.42. The summed E-state index contributed by atoms with van der Waals surface area (Å²) < 4.78 is 36.9. The van der Waals surface area contributed by atoms with E-state index in [9.17, 15) is 13.2 Å². The van der Waals surface area contributed by atoms with Crippen LogP contribution in [0.4, 0.5) is 19.0 Å². The third-order valence-corrected chi connectivity index (χ3v) is 3.89. The molecule has 0 aromatic carbocycles. The molecular weight excluding hydrogens is 337 g/mol. The van der Waals surface area contributed by atoms with Crippen LogP contribution in [0, 0.1) is 0 Å². The molecule has 0 saturated carbocycles. The van der Waals surface area contributed by atoms with E-state index in [1.165, 1.54) is 11.0 Å². The summed E-state index contributed by atoms with van der Waals surface area (Å²) in [4.78, 5) is 7.23. The third-order valence-electron chi connectivity index (χ3n) is 2.94. The highest BCUT2D eigenvalue weighted by Gasteiger charge is 2.32. The van der Waals surface area contributed by atoms with Crippen LogP contribution in [0.15, 0.2) is 6.07 Å². The molecule has 0 unspecified atom stereocenters. The quantitative estimate of drug-likeness (QED) is 0.759. The molecule has 9 heteroatoms. The van der Waals surface area contributed by atoms with Gasteiger partial charge in [0.2, 0.25) is 0 Å². The van der Waals surface area contributed by atoms with E-state index in [0.717, 1.165) is 0 Å². The normalized spacial score (nSPS) is 17.6. The summed E-state index contributed by atoms with van der Waals surface area (Å²) in [5, 5.41) is 0.712. The van der Waals surface area contributed by atoms with Crippen molar-refractivity contribution in [3.8, 4) is 0 Å². The zero-order valence-electron chi connectivity index (χ0n) is 10.2. The monoisotopic (exact) mass is 347 g/mol. The summed E-state index contributed by atoms with van der Waals surface area (Å²) in [5.41, 5.74) is 0. The SMILES string of the molecule is FC(F)(F)CN1CCN(c2nc(Cl)c(Cl)cc2Cl)CC1. The van der Waals surface area contributed by atoms with Crippen LogP contribution >= 0.6 is 34.8 Å². The van der Waals surface area contributed by atoms with Gasteiger partial charge in [0.1, 0.15) is 11.0 Å². The minimum absolute atomic E-state index is 0.129. The smallest absolute Gasteiger partial charge is 0.353 e. The highest BCUT2D eigenvalue weighted by atomic mass is 35.5. The van der Waals surface area contributed by atoms with E-state index in [1.807, 2.05) is 0 Å². The first-order chi connectivity index (χ1) is 9.26. The van der Waals surface area contributed by atoms with Crippen LogP contribution in [0.2, 0.25) is 15.2 Å². The van der Waals surface area contributed by atoms with Crippen molar-refractivity contribution in [2.75, 3.05) is 37.6 Å². The van der Waals surface area contributed by atoms with Gasteiger partial charge < -0.3 is 4.90 Å². The summed E-state index contributed by atoms with van der Waals surface area (Å²) in [6.45, 7) is 0.487. The average Bonchev–Trinajstić information content (AvgIpc) is 2.33. The fourth-order valence-corrected chi connectivity index (χ4v) is 2.64. The van der Waals surface area contributed by atoms with Crippen molar-refractivity contribution in [3.05, 3.63) is 21.3 Å². The van der Waals surface area contributed by atoms with E-state index in [2.05, 4.69) is 4.98 Å². The molecule has 1 aromatic rings. The second-order valence-corrected chi connectivity index (χ2v) is 5.62. The average molecular weight is 349 g/mol. The topological polar surface area (TPSA) is 19.4 Å². The van der Waals surface area contributed by atoms with Gasteiger partial charge in [-0.3, -0.25) is 4.90 Å². The van der Waals surface area contributed by atoms with Gasteiger partial charge in [0.15, 0.2) is 0 Å². The van der Waals surface area contributed by atoms with E-state index in [-0.39, 0.29) is 23.3 Å². The van der Waals surface area contributed by atoms with Crippen LogP contribution in [0.3, 0.4) is 0 Å². The maximum atomic E-state index is 12.3. The van der Waals surface area contributed by atoms with Gasteiger partial charge in [-0.25, -0.2) is 4.98 Å².